The van der Waals surface area contributed by atoms with E-state index in [9.17, 15) is 8.78 Å². The first-order valence-electron chi connectivity index (χ1n) is 14.1. The second-order valence-corrected chi connectivity index (χ2v) is 10.5. The zero-order chi connectivity index (χ0) is 29.2. The van der Waals surface area contributed by atoms with E-state index < -0.39 is 17.4 Å². The maximum Gasteiger partial charge on any atom is 0.259 e. The fraction of sp³-hybridized carbons (Fsp3) is 0.571. The fourth-order valence-electron chi connectivity index (χ4n) is 4.86. The largest absolute Gasteiger partial charge is 0.383 e. The molecule has 1 aliphatic heterocycles. The van der Waals surface area contributed by atoms with Crippen molar-refractivity contribution in [1.29, 1.82) is 0 Å². The van der Waals surface area contributed by atoms with Crippen LogP contribution in [-0.4, -0.2) is 53.9 Å². The number of nitrogen functional groups attached to an aromatic ring is 1. The monoisotopic (exact) mass is 555 g/mol. The number of nitrogens with two attached hydrogens (primary N) is 1. The van der Waals surface area contributed by atoms with Gasteiger partial charge >= 0.3 is 0 Å². The van der Waals surface area contributed by atoms with Gasteiger partial charge in [-0.1, -0.05) is 32.9 Å². The van der Waals surface area contributed by atoms with Gasteiger partial charge in [-0.15, -0.1) is 0 Å². The number of anilines is 1. The van der Waals surface area contributed by atoms with Crippen molar-refractivity contribution in [2.75, 3.05) is 18.8 Å². The van der Waals surface area contributed by atoms with Gasteiger partial charge in [0.25, 0.3) is 5.92 Å². The molecule has 0 bridgehead atoms. The summed E-state index contributed by atoms with van der Waals surface area (Å²) in [5, 5.41) is 12.8. The quantitative estimate of drug-likeness (QED) is 0.315. The van der Waals surface area contributed by atoms with Crippen LogP contribution in [0, 0.1) is 0 Å². The number of piperidine rings is 1. The zero-order valence-corrected chi connectivity index (χ0v) is 24.3. The van der Waals surface area contributed by atoms with Crippen LogP contribution in [0.1, 0.15) is 90.9 Å². The molecule has 1 unspecified atom stereocenters. The summed E-state index contributed by atoms with van der Waals surface area (Å²) in [7, 11) is 0. The van der Waals surface area contributed by atoms with Crippen LogP contribution in [-0.2, 0) is 5.54 Å². The number of aromatic nitrogens is 7. The van der Waals surface area contributed by atoms with E-state index in [0.717, 1.165) is 31.5 Å². The molecule has 1 atom stereocenters. The van der Waals surface area contributed by atoms with Crippen molar-refractivity contribution in [3.8, 4) is 22.8 Å². The molecule has 4 aromatic heterocycles. The molecular formula is C28H39F2N9O. The second kappa shape index (κ2) is 11.5. The first kappa shape index (κ1) is 29.4. The minimum absolute atomic E-state index is 0.0542. The van der Waals surface area contributed by atoms with Crippen molar-refractivity contribution in [2.24, 2.45) is 0 Å². The Morgan fingerprint density at radius 1 is 1.00 bits per heavy atom. The number of halogens is 2. The lowest BCUT2D eigenvalue weighted by atomic mass is 9.92. The molecule has 1 saturated heterocycles. The molecule has 5 heterocycles. The molecule has 0 aromatic carbocycles. The summed E-state index contributed by atoms with van der Waals surface area (Å²) in [6.45, 7) is 15.8. The van der Waals surface area contributed by atoms with Gasteiger partial charge in [0.2, 0.25) is 0 Å². The lowest BCUT2D eigenvalue weighted by molar-refractivity contribution is 0.107. The highest BCUT2D eigenvalue weighted by molar-refractivity contribution is 6.00. The molecule has 1 aliphatic carbocycles. The smallest absolute Gasteiger partial charge is 0.259 e. The Morgan fingerprint density at radius 2 is 1.62 bits per heavy atom. The van der Waals surface area contributed by atoms with Gasteiger partial charge in [-0.2, -0.15) is 5.10 Å². The summed E-state index contributed by atoms with van der Waals surface area (Å²) in [6, 6.07) is 0. The third-order valence-corrected chi connectivity index (χ3v) is 6.92. The topological polar surface area (TPSA) is 133 Å². The number of hydrogen-bond donors (Lipinski definition) is 2. The Hall–Kier alpha value is -3.54. The molecule has 3 N–H and O–H groups in total. The first-order valence-corrected chi connectivity index (χ1v) is 14.1. The minimum Gasteiger partial charge on any atom is -0.383 e. The normalized spacial score (nSPS) is 18.5. The number of alkyl halides is 2. The van der Waals surface area contributed by atoms with Gasteiger partial charge in [-0.25, -0.2) is 33.4 Å². The van der Waals surface area contributed by atoms with Gasteiger partial charge in [0, 0.05) is 18.8 Å². The number of fused-ring (bicyclic) bond motifs is 1. The highest BCUT2D eigenvalue weighted by Crippen LogP contribution is 2.58. The van der Waals surface area contributed by atoms with Crippen LogP contribution in [0.25, 0.3) is 33.8 Å². The van der Waals surface area contributed by atoms with Crippen molar-refractivity contribution in [3.05, 3.63) is 30.0 Å². The maximum absolute atomic E-state index is 14.2. The summed E-state index contributed by atoms with van der Waals surface area (Å²) in [5.74, 6) is -3.08. The van der Waals surface area contributed by atoms with E-state index in [0.29, 0.717) is 28.2 Å². The fourth-order valence-corrected chi connectivity index (χ4v) is 4.86. The van der Waals surface area contributed by atoms with Crippen molar-refractivity contribution in [1.82, 2.24) is 40.2 Å². The van der Waals surface area contributed by atoms with E-state index in [-0.39, 0.29) is 29.5 Å². The predicted molar refractivity (Wildman–Crippen MR) is 151 cm³/mol. The SMILES string of the molecule is CC.CC.CC(C)(C)n1nc(-c2noc(C3CC3(F)F)c2-c2ncc(C3CCNCC3)cn2)c2c(N)ncnc21. The Labute approximate surface area is 233 Å². The van der Waals surface area contributed by atoms with E-state index in [2.05, 4.69) is 30.4 Å². The maximum atomic E-state index is 14.2. The standard InChI is InChI=1S/C24H27F2N9O.2C2H6/c1-23(2,3)35-22-16(20(27)31-11-32-22)17(33-35)18-15(19(36-34-18)14-8-24(14,25)26)21-29-9-13(10-30-21)12-4-6-28-7-5-12;2*1-2/h9-12,14,28H,4-8H2,1-3H3,(H2,27,31,32);2*1-2H3. The number of hydrogen-bond acceptors (Lipinski definition) is 9. The van der Waals surface area contributed by atoms with Gasteiger partial charge in [-0.3, -0.25) is 0 Å². The number of nitrogens with zero attached hydrogens (tertiary/aromatic N) is 7. The van der Waals surface area contributed by atoms with Crippen LogP contribution in [0.15, 0.2) is 23.2 Å². The van der Waals surface area contributed by atoms with E-state index in [1.165, 1.54) is 6.33 Å². The van der Waals surface area contributed by atoms with Gasteiger partial charge in [0.1, 0.15) is 23.5 Å². The second-order valence-electron chi connectivity index (χ2n) is 10.5. The average molecular weight is 556 g/mol. The molecule has 216 valence electrons. The Bertz CT molecular complexity index is 1430. The Kier molecular flexibility index (Phi) is 8.48. The molecule has 6 rings (SSSR count). The van der Waals surface area contributed by atoms with Crippen LogP contribution >= 0.6 is 0 Å². The highest BCUT2D eigenvalue weighted by atomic mass is 19.3. The van der Waals surface area contributed by atoms with Crippen molar-refractivity contribution >= 4 is 16.9 Å². The first-order chi connectivity index (χ1) is 19.1. The van der Waals surface area contributed by atoms with Gasteiger partial charge in [0.05, 0.1) is 22.4 Å². The summed E-state index contributed by atoms with van der Waals surface area (Å²) in [6.07, 6.45) is 6.59. The summed E-state index contributed by atoms with van der Waals surface area (Å²) >= 11 is 0. The third kappa shape index (κ3) is 5.41. The van der Waals surface area contributed by atoms with Gasteiger partial charge in [-0.05, 0) is 58.2 Å². The Balaban J connectivity index is 0.000000886. The molecule has 0 spiro atoms. The van der Waals surface area contributed by atoms with Crippen molar-refractivity contribution in [2.45, 2.75) is 91.0 Å². The lowest BCUT2D eigenvalue weighted by Gasteiger charge is -2.22. The Morgan fingerprint density at radius 3 is 2.20 bits per heavy atom. The lowest BCUT2D eigenvalue weighted by Crippen LogP contribution is -2.26. The van der Waals surface area contributed by atoms with Crippen LogP contribution < -0.4 is 11.1 Å². The van der Waals surface area contributed by atoms with Crippen LogP contribution in [0.3, 0.4) is 0 Å². The van der Waals surface area contributed by atoms with E-state index >= 15 is 0 Å². The van der Waals surface area contributed by atoms with E-state index in [1.807, 2.05) is 48.5 Å². The van der Waals surface area contributed by atoms with Crippen LogP contribution in [0.2, 0.25) is 0 Å². The van der Waals surface area contributed by atoms with E-state index in [1.54, 1.807) is 17.1 Å². The van der Waals surface area contributed by atoms with Gasteiger partial charge < -0.3 is 15.6 Å². The molecule has 10 nitrogen and oxygen atoms in total. The average Bonchev–Trinajstić information content (AvgIpc) is 3.27. The number of rotatable bonds is 4. The van der Waals surface area contributed by atoms with Crippen molar-refractivity contribution < 1.29 is 13.3 Å². The summed E-state index contributed by atoms with van der Waals surface area (Å²) in [5.41, 5.74) is 8.24. The molecule has 40 heavy (non-hydrogen) atoms. The molecule has 4 aromatic rings. The van der Waals surface area contributed by atoms with E-state index in [4.69, 9.17) is 15.4 Å². The molecule has 12 heteroatoms. The summed E-state index contributed by atoms with van der Waals surface area (Å²) in [4.78, 5) is 17.7. The van der Waals surface area contributed by atoms with Crippen LogP contribution in [0.5, 0.6) is 0 Å². The molecular weight excluding hydrogens is 516 g/mol. The zero-order valence-electron chi connectivity index (χ0n) is 24.3. The third-order valence-electron chi connectivity index (χ3n) is 6.92. The number of nitrogens with one attached hydrogen (secondary N) is 1. The molecule has 2 fully saturated rings. The molecule has 0 amide bonds. The molecule has 0 radical (unpaired) electrons. The molecule has 1 saturated carbocycles. The van der Waals surface area contributed by atoms with Crippen LogP contribution in [0.4, 0.5) is 14.6 Å². The predicted octanol–water partition coefficient (Wildman–Crippen LogP) is 5.92. The molecule has 2 aliphatic rings. The minimum atomic E-state index is -2.87. The van der Waals surface area contributed by atoms with Gasteiger partial charge in [0.15, 0.2) is 17.2 Å². The highest BCUT2D eigenvalue weighted by Gasteiger charge is 2.61. The van der Waals surface area contributed by atoms with Crippen molar-refractivity contribution in [3.63, 3.8) is 0 Å². The summed E-state index contributed by atoms with van der Waals surface area (Å²) < 4.78 is 35.6.